The minimum atomic E-state index is -0.174. The summed E-state index contributed by atoms with van der Waals surface area (Å²) >= 11 is 4.83. The molecule has 0 atom stereocenters. The summed E-state index contributed by atoms with van der Waals surface area (Å²) in [6.45, 7) is 5.87. The van der Waals surface area contributed by atoms with Crippen molar-refractivity contribution in [1.29, 1.82) is 0 Å². The molecule has 0 aliphatic rings. The number of carbonyl (C=O) groups is 1. The highest BCUT2D eigenvalue weighted by molar-refractivity contribution is 7.80. The SMILES string of the molecule is CC(C)N(C)CCCNC(=O)c1ccc(C(N)=S)cn1. The Labute approximate surface area is 125 Å². The second kappa shape index (κ2) is 7.91. The van der Waals surface area contributed by atoms with E-state index < -0.39 is 0 Å². The fourth-order valence-electron chi connectivity index (χ4n) is 1.55. The van der Waals surface area contributed by atoms with E-state index in [-0.39, 0.29) is 10.9 Å². The Balaban J connectivity index is 2.38. The van der Waals surface area contributed by atoms with Crippen LogP contribution in [0.25, 0.3) is 0 Å². The van der Waals surface area contributed by atoms with Crippen LogP contribution in [0.1, 0.15) is 36.3 Å². The van der Waals surface area contributed by atoms with Crippen LogP contribution in [0, 0.1) is 0 Å². The first kappa shape index (κ1) is 16.5. The lowest BCUT2D eigenvalue weighted by molar-refractivity contribution is 0.0946. The molecule has 1 aromatic heterocycles. The summed E-state index contributed by atoms with van der Waals surface area (Å²) in [5, 5.41) is 2.85. The molecule has 0 bridgehead atoms. The van der Waals surface area contributed by atoms with Crippen molar-refractivity contribution in [3.8, 4) is 0 Å². The Bertz CT molecular complexity index is 459. The maximum absolute atomic E-state index is 11.9. The third kappa shape index (κ3) is 5.22. The zero-order chi connectivity index (χ0) is 15.1. The molecular formula is C14H22N4OS. The van der Waals surface area contributed by atoms with Gasteiger partial charge in [-0.25, -0.2) is 0 Å². The Morgan fingerprint density at radius 1 is 1.50 bits per heavy atom. The normalized spacial score (nSPS) is 10.8. The Morgan fingerprint density at radius 3 is 2.70 bits per heavy atom. The average molecular weight is 294 g/mol. The van der Waals surface area contributed by atoms with Crippen LogP contribution in [0.4, 0.5) is 0 Å². The third-order valence-electron chi connectivity index (χ3n) is 3.14. The lowest BCUT2D eigenvalue weighted by Gasteiger charge is -2.20. The van der Waals surface area contributed by atoms with Crippen LogP contribution in [0.5, 0.6) is 0 Å². The van der Waals surface area contributed by atoms with Crippen LogP contribution in [0.15, 0.2) is 18.3 Å². The first-order valence-electron chi connectivity index (χ1n) is 6.66. The van der Waals surface area contributed by atoms with Crippen molar-refractivity contribution in [2.45, 2.75) is 26.3 Å². The van der Waals surface area contributed by atoms with Gasteiger partial charge < -0.3 is 16.0 Å². The van der Waals surface area contributed by atoms with Gasteiger partial charge in [-0.05, 0) is 46.0 Å². The molecule has 0 saturated heterocycles. The number of hydrogen-bond donors (Lipinski definition) is 2. The number of carbonyl (C=O) groups excluding carboxylic acids is 1. The van der Waals surface area contributed by atoms with E-state index in [1.807, 2.05) is 0 Å². The molecule has 5 nitrogen and oxygen atoms in total. The summed E-state index contributed by atoms with van der Waals surface area (Å²) < 4.78 is 0. The molecule has 1 amide bonds. The van der Waals surface area contributed by atoms with Crippen LogP contribution in [-0.2, 0) is 0 Å². The van der Waals surface area contributed by atoms with Gasteiger partial charge in [-0.1, -0.05) is 12.2 Å². The molecule has 20 heavy (non-hydrogen) atoms. The van der Waals surface area contributed by atoms with E-state index in [2.05, 4.69) is 36.1 Å². The molecule has 1 heterocycles. The molecule has 0 saturated carbocycles. The predicted octanol–water partition coefficient (Wildman–Crippen LogP) is 1.18. The van der Waals surface area contributed by atoms with E-state index in [1.54, 1.807) is 12.1 Å². The van der Waals surface area contributed by atoms with Gasteiger partial charge in [-0.15, -0.1) is 0 Å². The van der Waals surface area contributed by atoms with Crippen molar-refractivity contribution in [2.75, 3.05) is 20.1 Å². The van der Waals surface area contributed by atoms with Gasteiger partial charge in [0.05, 0.1) is 0 Å². The smallest absolute Gasteiger partial charge is 0.269 e. The topological polar surface area (TPSA) is 71.2 Å². The van der Waals surface area contributed by atoms with Gasteiger partial charge in [0.15, 0.2) is 0 Å². The zero-order valence-corrected chi connectivity index (χ0v) is 13.0. The van der Waals surface area contributed by atoms with Crippen molar-refractivity contribution >= 4 is 23.1 Å². The standard InChI is InChI=1S/C14H22N4OS/c1-10(2)18(3)8-4-7-16-14(19)12-6-5-11(9-17-12)13(15)20/h5-6,9-10H,4,7-8H2,1-3H3,(H2,15,20)(H,16,19). The van der Waals surface area contributed by atoms with Gasteiger partial charge in [0, 0.05) is 24.3 Å². The van der Waals surface area contributed by atoms with Crippen molar-refractivity contribution in [3.05, 3.63) is 29.6 Å². The summed E-state index contributed by atoms with van der Waals surface area (Å²) in [5.41, 5.74) is 6.52. The third-order valence-corrected chi connectivity index (χ3v) is 3.37. The fourth-order valence-corrected chi connectivity index (χ4v) is 1.67. The largest absolute Gasteiger partial charge is 0.389 e. The number of nitrogens with two attached hydrogens (primary N) is 1. The summed E-state index contributed by atoms with van der Waals surface area (Å²) in [4.78, 5) is 18.4. The van der Waals surface area contributed by atoms with E-state index in [0.717, 1.165) is 13.0 Å². The van der Waals surface area contributed by atoms with Crippen LogP contribution >= 0.6 is 12.2 Å². The van der Waals surface area contributed by atoms with Crippen molar-refractivity contribution in [2.24, 2.45) is 5.73 Å². The number of rotatable bonds is 7. The molecule has 6 heteroatoms. The molecule has 0 fully saturated rings. The number of thiocarbonyl (C=S) groups is 1. The summed E-state index contributed by atoms with van der Waals surface area (Å²) in [7, 11) is 2.07. The van der Waals surface area contributed by atoms with Crippen LogP contribution in [0.2, 0.25) is 0 Å². The monoisotopic (exact) mass is 294 g/mol. The minimum absolute atomic E-state index is 0.174. The van der Waals surface area contributed by atoms with Crippen molar-refractivity contribution in [3.63, 3.8) is 0 Å². The molecule has 3 N–H and O–H groups in total. The van der Waals surface area contributed by atoms with E-state index >= 15 is 0 Å². The summed E-state index contributed by atoms with van der Waals surface area (Å²) in [5.74, 6) is -0.174. The minimum Gasteiger partial charge on any atom is -0.389 e. The van der Waals surface area contributed by atoms with Gasteiger partial charge >= 0.3 is 0 Å². The highest BCUT2D eigenvalue weighted by Gasteiger charge is 2.08. The second-order valence-electron chi connectivity index (χ2n) is 4.98. The Morgan fingerprint density at radius 2 is 2.20 bits per heavy atom. The van der Waals surface area contributed by atoms with Crippen molar-refractivity contribution < 1.29 is 4.79 Å². The van der Waals surface area contributed by atoms with E-state index in [9.17, 15) is 4.79 Å². The second-order valence-corrected chi connectivity index (χ2v) is 5.42. The molecule has 0 spiro atoms. The Hall–Kier alpha value is -1.53. The predicted molar refractivity (Wildman–Crippen MR) is 84.8 cm³/mol. The van der Waals surface area contributed by atoms with Gasteiger partial charge in [0.25, 0.3) is 5.91 Å². The molecule has 0 aromatic carbocycles. The number of nitrogens with one attached hydrogen (secondary N) is 1. The lowest BCUT2D eigenvalue weighted by Crippen LogP contribution is -2.31. The molecule has 110 valence electrons. The Kier molecular flexibility index (Phi) is 6.54. The zero-order valence-electron chi connectivity index (χ0n) is 12.2. The molecule has 0 unspecified atom stereocenters. The first-order chi connectivity index (χ1) is 9.41. The number of nitrogens with zero attached hydrogens (tertiary/aromatic N) is 2. The maximum atomic E-state index is 11.9. The van der Waals surface area contributed by atoms with E-state index in [0.29, 0.717) is 23.8 Å². The highest BCUT2D eigenvalue weighted by Crippen LogP contribution is 2.00. The number of amides is 1. The maximum Gasteiger partial charge on any atom is 0.269 e. The number of pyridine rings is 1. The molecular weight excluding hydrogens is 272 g/mol. The van der Waals surface area contributed by atoms with Gasteiger partial charge in [0.1, 0.15) is 10.7 Å². The van der Waals surface area contributed by atoms with Crippen LogP contribution in [-0.4, -0.2) is 47.0 Å². The number of aromatic nitrogens is 1. The first-order valence-corrected chi connectivity index (χ1v) is 7.07. The summed E-state index contributed by atoms with van der Waals surface area (Å²) in [6, 6.07) is 3.85. The molecule has 0 aliphatic heterocycles. The van der Waals surface area contributed by atoms with Gasteiger partial charge in [0.2, 0.25) is 0 Å². The molecule has 0 aliphatic carbocycles. The van der Waals surface area contributed by atoms with E-state index in [1.165, 1.54) is 6.20 Å². The van der Waals surface area contributed by atoms with Crippen molar-refractivity contribution in [1.82, 2.24) is 15.2 Å². The number of hydrogen-bond acceptors (Lipinski definition) is 4. The lowest BCUT2D eigenvalue weighted by atomic mass is 10.2. The summed E-state index contributed by atoms with van der Waals surface area (Å²) in [6.07, 6.45) is 2.43. The molecule has 1 rings (SSSR count). The van der Waals surface area contributed by atoms with Gasteiger partial charge in [-0.2, -0.15) is 0 Å². The highest BCUT2D eigenvalue weighted by atomic mass is 32.1. The van der Waals surface area contributed by atoms with Gasteiger partial charge in [-0.3, -0.25) is 9.78 Å². The average Bonchev–Trinajstić information content (AvgIpc) is 2.43. The molecule has 1 aromatic rings. The quantitative estimate of drug-likeness (QED) is 0.583. The van der Waals surface area contributed by atoms with Crippen LogP contribution < -0.4 is 11.1 Å². The van der Waals surface area contributed by atoms with Crippen LogP contribution in [0.3, 0.4) is 0 Å². The molecule has 0 radical (unpaired) electrons. The fraction of sp³-hybridized carbons (Fsp3) is 0.500. The van der Waals surface area contributed by atoms with E-state index in [4.69, 9.17) is 18.0 Å².